The van der Waals surface area contributed by atoms with E-state index in [1.807, 2.05) is 16.4 Å². The summed E-state index contributed by atoms with van der Waals surface area (Å²) in [5, 5.41) is 12.5. The zero-order valence-electron chi connectivity index (χ0n) is 13.1. The van der Waals surface area contributed by atoms with Crippen molar-refractivity contribution in [3.8, 4) is 0 Å². The van der Waals surface area contributed by atoms with E-state index in [1.165, 1.54) is 11.3 Å². The molecular formula is C15H25N5. The number of rotatable bonds is 6. The average Bonchev–Trinajstić information content (AvgIpc) is 2.98. The summed E-state index contributed by atoms with van der Waals surface area (Å²) < 4.78 is 3.97. The fourth-order valence-electron chi connectivity index (χ4n) is 2.29. The predicted octanol–water partition coefficient (Wildman–Crippen LogP) is 2.49. The van der Waals surface area contributed by atoms with E-state index in [2.05, 4.69) is 55.5 Å². The molecule has 0 aliphatic carbocycles. The van der Waals surface area contributed by atoms with E-state index in [-0.39, 0.29) is 0 Å². The molecule has 1 unspecified atom stereocenters. The molecule has 0 aliphatic rings. The normalized spacial score (nSPS) is 12.8. The zero-order valence-corrected chi connectivity index (χ0v) is 13.1. The Kier molecular flexibility index (Phi) is 4.60. The number of nitrogens with one attached hydrogen (secondary N) is 1. The van der Waals surface area contributed by atoms with Gasteiger partial charge in [-0.25, -0.2) is 0 Å². The fourth-order valence-corrected chi connectivity index (χ4v) is 2.29. The average molecular weight is 275 g/mol. The van der Waals surface area contributed by atoms with Crippen molar-refractivity contribution in [3.63, 3.8) is 0 Å². The van der Waals surface area contributed by atoms with Crippen LogP contribution in [0.2, 0.25) is 0 Å². The fraction of sp³-hybridized carbons (Fsp3) is 0.600. The first-order chi connectivity index (χ1) is 9.52. The third-order valence-corrected chi connectivity index (χ3v) is 3.97. The highest BCUT2D eigenvalue weighted by Crippen LogP contribution is 2.12. The minimum absolute atomic E-state index is 0.464. The molecule has 5 heteroatoms. The van der Waals surface area contributed by atoms with E-state index in [0.717, 1.165) is 30.9 Å². The van der Waals surface area contributed by atoms with Gasteiger partial charge in [-0.05, 0) is 33.3 Å². The number of nitrogens with zero attached hydrogens (tertiary/aromatic N) is 4. The molecule has 0 aliphatic heterocycles. The molecule has 20 heavy (non-hydrogen) atoms. The molecule has 2 rings (SSSR count). The molecule has 0 aromatic carbocycles. The number of aryl methyl sites for hydroxylation is 2. The van der Waals surface area contributed by atoms with Crippen LogP contribution in [0.1, 0.15) is 49.0 Å². The van der Waals surface area contributed by atoms with Gasteiger partial charge in [-0.3, -0.25) is 9.36 Å². The zero-order chi connectivity index (χ0) is 14.7. The van der Waals surface area contributed by atoms with Crippen LogP contribution >= 0.6 is 0 Å². The van der Waals surface area contributed by atoms with Crippen LogP contribution in [0.3, 0.4) is 0 Å². The van der Waals surface area contributed by atoms with Crippen molar-refractivity contribution in [2.75, 3.05) is 0 Å². The van der Waals surface area contributed by atoms with Gasteiger partial charge in [-0.1, -0.05) is 6.92 Å². The third kappa shape index (κ3) is 3.10. The summed E-state index contributed by atoms with van der Waals surface area (Å²) in [6, 6.07) is 2.55. The first-order valence-electron chi connectivity index (χ1n) is 7.26. The Bertz CT molecular complexity index is 567. The van der Waals surface area contributed by atoms with E-state index < -0.39 is 0 Å². The number of hydrogen-bond acceptors (Lipinski definition) is 3. The van der Waals surface area contributed by atoms with Crippen LogP contribution < -0.4 is 5.32 Å². The second kappa shape index (κ2) is 6.22. The lowest BCUT2D eigenvalue weighted by Gasteiger charge is -2.08. The molecule has 0 saturated carbocycles. The van der Waals surface area contributed by atoms with Crippen molar-refractivity contribution in [3.05, 3.63) is 34.9 Å². The van der Waals surface area contributed by atoms with Gasteiger partial charge in [0.15, 0.2) is 0 Å². The predicted molar refractivity (Wildman–Crippen MR) is 80.5 cm³/mol. The largest absolute Gasteiger partial charge is 0.307 e. The van der Waals surface area contributed by atoms with Crippen molar-refractivity contribution < 1.29 is 0 Å². The Morgan fingerprint density at radius 3 is 2.60 bits per heavy atom. The summed E-state index contributed by atoms with van der Waals surface area (Å²) in [6.07, 6.45) is 3.16. The Morgan fingerprint density at radius 2 is 2.00 bits per heavy atom. The second-order valence-electron chi connectivity index (χ2n) is 5.42. The molecule has 2 aromatic rings. The first-order valence-corrected chi connectivity index (χ1v) is 7.26. The quantitative estimate of drug-likeness (QED) is 0.881. The van der Waals surface area contributed by atoms with Crippen molar-refractivity contribution in [1.29, 1.82) is 0 Å². The molecule has 0 spiro atoms. The van der Waals surface area contributed by atoms with Crippen LogP contribution in [0.4, 0.5) is 0 Å². The number of hydrogen-bond donors (Lipinski definition) is 1. The molecule has 0 radical (unpaired) electrons. The van der Waals surface area contributed by atoms with Gasteiger partial charge in [0.2, 0.25) is 0 Å². The van der Waals surface area contributed by atoms with Gasteiger partial charge in [0.05, 0.1) is 11.4 Å². The van der Waals surface area contributed by atoms with Crippen molar-refractivity contribution in [2.24, 2.45) is 7.05 Å². The number of aromatic nitrogens is 4. The summed E-state index contributed by atoms with van der Waals surface area (Å²) in [7, 11) is 1.99. The highest BCUT2D eigenvalue weighted by molar-refractivity contribution is 5.24. The molecule has 0 saturated heterocycles. The molecule has 0 amide bonds. The highest BCUT2D eigenvalue weighted by atomic mass is 15.3. The summed E-state index contributed by atoms with van der Waals surface area (Å²) in [6.45, 7) is 10.2. The van der Waals surface area contributed by atoms with Gasteiger partial charge in [0.1, 0.15) is 0 Å². The van der Waals surface area contributed by atoms with Crippen molar-refractivity contribution in [2.45, 2.75) is 53.2 Å². The lowest BCUT2D eigenvalue weighted by molar-refractivity contribution is 0.471. The van der Waals surface area contributed by atoms with Crippen LogP contribution in [0.5, 0.6) is 0 Å². The van der Waals surface area contributed by atoms with Gasteiger partial charge in [-0.15, -0.1) is 0 Å². The van der Waals surface area contributed by atoms with Crippen LogP contribution in [0.15, 0.2) is 12.3 Å². The maximum absolute atomic E-state index is 4.60. The van der Waals surface area contributed by atoms with Gasteiger partial charge in [0.25, 0.3) is 0 Å². The Hall–Kier alpha value is -1.62. The van der Waals surface area contributed by atoms with E-state index in [4.69, 9.17) is 0 Å². The van der Waals surface area contributed by atoms with E-state index >= 15 is 0 Å². The minimum atomic E-state index is 0.464. The van der Waals surface area contributed by atoms with Gasteiger partial charge >= 0.3 is 0 Å². The summed E-state index contributed by atoms with van der Waals surface area (Å²) in [4.78, 5) is 0. The summed E-state index contributed by atoms with van der Waals surface area (Å²) in [5.74, 6) is 0. The minimum Gasteiger partial charge on any atom is -0.307 e. The summed E-state index contributed by atoms with van der Waals surface area (Å²) in [5.41, 5.74) is 4.70. The maximum atomic E-state index is 4.60. The molecule has 5 nitrogen and oxygen atoms in total. The van der Waals surface area contributed by atoms with Crippen LogP contribution in [-0.2, 0) is 20.1 Å². The van der Waals surface area contributed by atoms with Gasteiger partial charge < -0.3 is 5.32 Å². The topological polar surface area (TPSA) is 47.7 Å². The van der Waals surface area contributed by atoms with Crippen LogP contribution in [-0.4, -0.2) is 19.6 Å². The lowest BCUT2D eigenvalue weighted by Crippen LogP contribution is -2.15. The van der Waals surface area contributed by atoms with Crippen LogP contribution in [0, 0.1) is 13.8 Å². The van der Waals surface area contributed by atoms with Crippen LogP contribution in [0.25, 0.3) is 0 Å². The highest BCUT2D eigenvalue weighted by Gasteiger charge is 2.09. The van der Waals surface area contributed by atoms with E-state index in [1.54, 1.807) is 0 Å². The van der Waals surface area contributed by atoms with Crippen molar-refractivity contribution in [1.82, 2.24) is 24.9 Å². The van der Waals surface area contributed by atoms with Crippen molar-refractivity contribution >= 4 is 0 Å². The maximum Gasteiger partial charge on any atom is 0.0762 e. The van der Waals surface area contributed by atoms with E-state index in [9.17, 15) is 0 Å². The van der Waals surface area contributed by atoms with E-state index in [0.29, 0.717) is 6.04 Å². The molecule has 1 atom stereocenters. The second-order valence-corrected chi connectivity index (χ2v) is 5.42. The molecule has 110 valence electrons. The molecule has 2 aromatic heterocycles. The molecule has 1 N–H and O–H groups in total. The first kappa shape index (κ1) is 14.8. The Labute approximate surface area is 121 Å². The molecule has 0 fully saturated rings. The monoisotopic (exact) mass is 275 g/mol. The Balaban J connectivity index is 1.91. The smallest absolute Gasteiger partial charge is 0.0762 e. The standard InChI is InChI=1S/C15H25N5/c1-6-11(2)20-8-7-14(18-20)9-16-10-15-12(3)17-19(5)13(15)4/h7-8,11,16H,6,9-10H2,1-5H3. The molecular weight excluding hydrogens is 250 g/mol. The molecule has 0 bridgehead atoms. The van der Waals surface area contributed by atoms with Gasteiger partial charge in [-0.2, -0.15) is 10.2 Å². The third-order valence-electron chi connectivity index (χ3n) is 3.97. The van der Waals surface area contributed by atoms with Gasteiger partial charge in [0, 0.05) is 43.6 Å². The lowest BCUT2D eigenvalue weighted by atomic mass is 10.2. The summed E-state index contributed by atoms with van der Waals surface area (Å²) >= 11 is 0. The molecule has 2 heterocycles. The SMILES string of the molecule is CCC(C)n1ccc(CNCc2c(C)nn(C)c2C)n1. The Morgan fingerprint density at radius 1 is 1.25 bits per heavy atom.